The molecular weight excluding hydrogens is 813 g/mol. The van der Waals surface area contributed by atoms with Crippen LogP contribution in [0.4, 0.5) is 0 Å². The molecule has 0 aliphatic heterocycles. The van der Waals surface area contributed by atoms with E-state index in [1.165, 1.54) is 0 Å². The van der Waals surface area contributed by atoms with Crippen molar-refractivity contribution in [1.82, 2.24) is 0 Å². The van der Waals surface area contributed by atoms with Crippen molar-refractivity contribution < 1.29 is 23.8 Å². The average molecular weight is 907 g/mol. The Morgan fingerprint density at radius 3 is 1.00 bits per heavy atom. The number of allylic oxidation sites excluding steroid dienone is 25. The van der Waals surface area contributed by atoms with E-state index in [1.54, 1.807) is 0 Å². The van der Waals surface area contributed by atoms with Gasteiger partial charge in [-0.1, -0.05) is 204 Å². The number of hydrogen-bond acceptors (Lipinski definition) is 5. The van der Waals surface area contributed by atoms with Crippen LogP contribution in [-0.2, 0) is 23.8 Å². The number of rotatable bonds is 45. The lowest BCUT2D eigenvalue weighted by Gasteiger charge is -2.18. The highest BCUT2D eigenvalue weighted by Gasteiger charge is 2.17. The van der Waals surface area contributed by atoms with E-state index >= 15 is 0 Å². The van der Waals surface area contributed by atoms with Gasteiger partial charge in [0.05, 0.1) is 13.2 Å². The highest BCUT2D eigenvalue weighted by molar-refractivity contribution is 5.70. The fourth-order valence-corrected chi connectivity index (χ4v) is 6.32. The maximum absolute atomic E-state index is 12.8. The van der Waals surface area contributed by atoms with Gasteiger partial charge < -0.3 is 14.2 Å². The Morgan fingerprint density at radius 2 is 0.636 bits per heavy atom. The van der Waals surface area contributed by atoms with Crippen LogP contribution in [-0.4, -0.2) is 37.9 Å². The first kappa shape index (κ1) is 61.5. The summed E-state index contributed by atoms with van der Waals surface area (Å²) in [5.74, 6) is -0.508. The first-order valence-corrected chi connectivity index (χ1v) is 26.0. The molecular formula is C61H94O5. The molecule has 66 heavy (non-hydrogen) atoms. The van der Waals surface area contributed by atoms with Crippen molar-refractivity contribution >= 4 is 11.9 Å². The predicted molar refractivity (Wildman–Crippen MR) is 288 cm³/mol. The topological polar surface area (TPSA) is 61.8 Å². The van der Waals surface area contributed by atoms with Crippen molar-refractivity contribution in [3.05, 3.63) is 158 Å². The first-order chi connectivity index (χ1) is 32.6. The Hall–Kier alpha value is -4.48. The molecule has 1 atom stereocenters. The molecule has 0 N–H and O–H groups in total. The molecule has 0 spiro atoms. The largest absolute Gasteiger partial charge is 0.462 e. The number of hydrogen-bond donors (Lipinski definition) is 0. The molecule has 5 nitrogen and oxygen atoms in total. The van der Waals surface area contributed by atoms with E-state index in [0.717, 1.165) is 154 Å². The molecule has 0 fully saturated rings. The quantitative estimate of drug-likeness (QED) is 0.0346. The summed E-state index contributed by atoms with van der Waals surface area (Å²) in [7, 11) is 0. The van der Waals surface area contributed by atoms with E-state index in [2.05, 4.69) is 179 Å². The number of unbranched alkanes of at least 4 members (excludes halogenated alkanes) is 8. The molecule has 0 aromatic carbocycles. The lowest BCUT2D eigenvalue weighted by molar-refractivity contribution is -0.162. The second-order valence-corrected chi connectivity index (χ2v) is 16.3. The van der Waals surface area contributed by atoms with Gasteiger partial charge in [-0.15, -0.1) is 0 Å². The van der Waals surface area contributed by atoms with E-state index in [9.17, 15) is 9.59 Å². The molecule has 0 aromatic heterocycles. The van der Waals surface area contributed by atoms with Crippen molar-refractivity contribution in [3.8, 4) is 0 Å². The van der Waals surface area contributed by atoms with E-state index in [0.29, 0.717) is 19.4 Å². The maximum atomic E-state index is 12.8. The summed E-state index contributed by atoms with van der Waals surface area (Å²) in [6.45, 7) is 7.19. The minimum atomic E-state index is -0.612. The minimum absolute atomic E-state index is 0.0208. The van der Waals surface area contributed by atoms with Crippen LogP contribution in [0, 0.1) is 0 Å². The highest BCUT2D eigenvalue weighted by atomic mass is 16.6. The SMILES string of the molecule is CC/C=C\C/C=C\C/C=C\C/C=C\C/C=C\CCOCC(COC(=O)CCCCCC/C=C\C/C=C\C/C=C\C/C=C\CC)OC(=O)CCCCCC/C=C\C/C=C\C/C=C\C/C=C\CC. The molecule has 0 rings (SSSR count). The first-order valence-electron chi connectivity index (χ1n) is 26.0. The molecule has 0 aliphatic carbocycles. The van der Waals surface area contributed by atoms with Crippen LogP contribution in [0.25, 0.3) is 0 Å². The molecule has 0 radical (unpaired) electrons. The predicted octanol–water partition coefficient (Wildman–Crippen LogP) is 17.9. The third-order valence-corrected chi connectivity index (χ3v) is 10.1. The fraction of sp³-hybridized carbons (Fsp3) is 0.541. The van der Waals surface area contributed by atoms with Gasteiger partial charge in [0.1, 0.15) is 6.61 Å². The third kappa shape index (κ3) is 52.1. The van der Waals surface area contributed by atoms with Gasteiger partial charge in [-0.3, -0.25) is 9.59 Å². The summed E-state index contributed by atoms with van der Waals surface area (Å²) in [6.07, 6.45) is 81.3. The van der Waals surface area contributed by atoms with Crippen LogP contribution in [0.1, 0.15) is 188 Å². The van der Waals surface area contributed by atoms with Crippen LogP contribution in [0.3, 0.4) is 0 Å². The summed E-state index contributed by atoms with van der Waals surface area (Å²) in [5, 5.41) is 0. The molecule has 5 heteroatoms. The highest BCUT2D eigenvalue weighted by Crippen LogP contribution is 2.11. The Morgan fingerprint density at radius 1 is 0.333 bits per heavy atom. The number of ether oxygens (including phenoxy) is 3. The molecule has 0 amide bonds. The molecule has 1 unspecified atom stereocenters. The van der Waals surface area contributed by atoms with Crippen LogP contribution in [0.15, 0.2) is 158 Å². The van der Waals surface area contributed by atoms with Gasteiger partial charge >= 0.3 is 11.9 Å². The van der Waals surface area contributed by atoms with Gasteiger partial charge in [-0.25, -0.2) is 0 Å². The second kappa shape index (κ2) is 54.9. The van der Waals surface area contributed by atoms with E-state index in [1.807, 2.05) is 0 Å². The van der Waals surface area contributed by atoms with Crippen LogP contribution in [0.5, 0.6) is 0 Å². The van der Waals surface area contributed by atoms with Crippen LogP contribution >= 0.6 is 0 Å². The molecule has 0 heterocycles. The summed E-state index contributed by atoms with van der Waals surface area (Å²) in [5.41, 5.74) is 0. The average Bonchev–Trinajstić information content (AvgIpc) is 3.32. The Kier molecular flexibility index (Phi) is 51.1. The summed E-state index contributed by atoms with van der Waals surface area (Å²) < 4.78 is 17.3. The summed E-state index contributed by atoms with van der Waals surface area (Å²) in [4.78, 5) is 25.4. The van der Waals surface area contributed by atoms with Gasteiger partial charge in [-0.2, -0.15) is 0 Å². The third-order valence-electron chi connectivity index (χ3n) is 10.1. The Bertz CT molecular complexity index is 1490. The van der Waals surface area contributed by atoms with Gasteiger partial charge in [0.25, 0.3) is 0 Å². The van der Waals surface area contributed by atoms with Crippen LogP contribution in [0.2, 0.25) is 0 Å². The lowest BCUT2D eigenvalue weighted by Crippen LogP contribution is -2.30. The monoisotopic (exact) mass is 907 g/mol. The molecule has 368 valence electrons. The van der Waals surface area contributed by atoms with E-state index in [4.69, 9.17) is 14.2 Å². The van der Waals surface area contributed by atoms with Crippen molar-refractivity contribution in [2.75, 3.05) is 19.8 Å². The normalized spacial score (nSPS) is 13.6. The van der Waals surface area contributed by atoms with Gasteiger partial charge in [0, 0.05) is 12.8 Å². The van der Waals surface area contributed by atoms with Crippen molar-refractivity contribution in [2.24, 2.45) is 0 Å². The molecule has 0 saturated carbocycles. The summed E-state index contributed by atoms with van der Waals surface area (Å²) in [6, 6.07) is 0. The smallest absolute Gasteiger partial charge is 0.306 e. The number of carbonyl (C=O) groups excluding carboxylic acids is 2. The molecule has 0 bridgehead atoms. The van der Waals surface area contributed by atoms with Crippen LogP contribution < -0.4 is 0 Å². The van der Waals surface area contributed by atoms with Gasteiger partial charge in [0.15, 0.2) is 6.10 Å². The minimum Gasteiger partial charge on any atom is -0.462 e. The Balaban J connectivity index is 4.52. The zero-order valence-electron chi connectivity index (χ0n) is 42.1. The fourth-order valence-electron chi connectivity index (χ4n) is 6.32. The van der Waals surface area contributed by atoms with Crippen molar-refractivity contribution in [3.63, 3.8) is 0 Å². The Labute approximate surface area is 405 Å². The standard InChI is InChI=1S/C61H94O5/c1-4-7-10-13-16-19-22-25-28-31-33-36-39-42-45-48-51-54-60(62)65-58-59(57-64-56-53-50-47-44-41-38-35-30-27-24-21-18-15-12-9-6-3)66-61(63)55-52-49-46-43-40-37-34-32-29-26-23-20-17-14-11-8-5-2/h7-12,16-21,25-30,33-34,36-38,41,47,50,59H,4-6,13-15,22-24,31-32,35,39-40,42-46,48-49,51-58H2,1-3H3/b10-7-,11-8-,12-9-,19-16-,20-17-,21-18-,28-25-,29-26-,30-27-,36-33-,37-34-,41-38-,50-47-. The second-order valence-electron chi connectivity index (χ2n) is 16.3. The lowest BCUT2D eigenvalue weighted by atomic mass is 10.1. The maximum Gasteiger partial charge on any atom is 0.306 e. The van der Waals surface area contributed by atoms with Crippen molar-refractivity contribution in [2.45, 2.75) is 194 Å². The van der Waals surface area contributed by atoms with E-state index < -0.39 is 6.10 Å². The van der Waals surface area contributed by atoms with Gasteiger partial charge in [0.2, 0.25) is 0 Å². The zero-order valence-corrected chi connectivity index (χ0v) is 42.1. The van der Waals surface area contributed by atoms with Gasteiger partial charge in [-0.05, 0) is 128 Å². The molecule has 0 aliphatic rings. The molecule has 0 saturated heterocycles. The van der Waals surface area contributed by atoms with Crippen molar-refractivity contribution in [1.29, 1.82) is 0 Å². The summed E-state index contributed by atoms with van der Waals surface area (Å²) >= 11 is 0. The number of esters is 2. The van der Waals surface area contributed by atoms with E-state index in [-0.39, 0.29) is 25.2 Å². The number of carbonyl (C=O) groups is 2. The zero-order chi connectivity index (χ0) is 47.7. The molecule has 0 aromatic rings.